The quantitative estimate of drug-likeness (QED) is 0.317. The molecule has 0 saturated carbocycles. The number of aromatic nitrogens is 1. The van der Waals surface area contributed by atoms with E-state index in [9.17, 15) is 0 Å². The fourth-order valence-corrected chi connectivity index (χ4v) is 3.51. The molecular formula is C26H35Cl2N3O2. The molecule has 0 aliphatic rings. The topological polar surface area (TPSA) is 69.4 Å². The fraction of sp³-hybridized carbons (Fsp3) is 0.423. The summed E-state index contributed by atoms with van der Waals surface area (Å²) in [4.78, 5) is 4.61. The summed E-state index contributed by atoms with van der Waals surface area (Å²) in [5.41, 5.74) is 8.39. The molecule has 33 heavy (non-hydrogen) atoms. The van der Waals surface area contributed by atoms with Crippen molar-refractivity contribution in [1.29, 1.82) is 0 Å². The van der Waals surface area contributed by atoms with Gasteiger partial charge in [0.1, 0.15) is 5.75 Å². The van der Waals surface area contributed by atoms with Gasteiger partial charge in [-0.1, -0.05) is 49.9 Å². The third kappa shape index (κ3) is 7.39. The average Bonchev–Trinajstić information content (AvgIpc) is 2.81. The highest BCUT2D eigenvalue weighted by Gasteiger charge is 2.19. The number of methoxy groups -OCH3 is 1. The Morgan fingerprint density at radius 1 is 1.09 bits per heavy atom. The highest BCUT2D eigenvalue weighted by molar-refractivity contribution is 6.42. The smallest absolute Gasteiger partial charge is 0.179 e. The van der Waals surface area contributed by atoms with Gasteiger partial charge in [0.05, 0.1) is 33.7 Å². The minimum absolute atomic E-state index is 0.246. The van der Waals surface area contributed by atoms with Crippen LogP contribution in [0.3, 0.4) is 0 Å². The minimum atomic E-state index is 0.246. The standard InChI is InChI=1S/C22H25Cl2N3O2.C4H10/c1-13-8-10-26-21-18(27-14(2)5-4-9-25)12-19(28-3)22(20(13)21)29-15-6-7-16(23)17(24)11-15;1-3-4-2/h6-8,10-12,14,27H,4-5,9,25H2,1-3H3;3-4H2,1-2H3. The van der Waals surface area contributed by atoms with Crippen molar-refractivity contribution in [2.45, 2.75) is 59.4 Å². The summed E-state index contributed by atoms with van der Waals surface area (Å²) in [6.45, 7) is 9.18. The lowest BCUT2D eigenvalue weighted by molar-refractivity contribution is 0.381. The summed E-state index contributed by atoms with van der Waals surface area (Å²) in [6.07, 6.45) is 6.35. The van der Waals surface area contributed by atoms with Crippen LogP contribution in [0.1, 0.15) is 52.0 Å². The molecule has 1 heterocycles. The van der Waals surface area contributed by atoms with Crippen LogP contribution in [-0.4, -0.2) is 24.7 Å². The summed E-state index contributed by atoms with van der Waals surface area (Å²) in [5, 5.41) is 5.32. The Morgan fingerprint density at radius 3 is 2.42 bits per heavy atom. The molecule has 0 spiro atoms. The maximum atomic E-state index is 6.20. The molecule has 0 fully saturated rings. The number of aryl methyl sites for hydroxylation is 1. The van der Waals surface area contributed by atoms with E-state index in [4.69, 9.17) is 38.4 Å². The number of unbranched alkanes of at least 4 members (excludes halogenated alkanes) is 1. The number of pyridine rings is 1. The lowest BCUT2D eigenvalue weighted by Gasteiger charge is -2.20. The van der Waals surface area contributed by atoms with E-state index in [1.807, 2.05) is 19.1 Å². The number of ether oxygens (including phenoxy) is 2. The van der Waals surface area contributed by atoms with E-state index in [0.717, 1.165) is 35.0 Å². The van der Waals surface area contributed by atoms with Crippen molar-refractivity contribution in [2.75, 3.05) is 19.0 Å². The van der Waals surface area contributed by atoms with E-state index < -0.39 is 0 Å². The molecule has 5 nitrogen and oxygen atoms in total. The zero-order valence-electron chi connectivity index (χ0n) is 20.2. The first kappa shape index (κ1) is 27.0. The summed E-state index contributed by atoms with van der Waals surface area (Å²) >= 11 is 12.2. The predicted octanol–water partition coefficient (Wildman–Crippen LogP) is 8.00. The number of nitrogens with zero attached hydrogens (tertiary/aromatic N) is 1. The first-order valence-corrected chi connectivity index (χ1v) is 12.2. The normalized spacial score (nSPS) is 11.5. The van der Waals surface area contributed by atoms with E-state index >= 15 is 0 Å². The van der Waals surface area contributed by atoms with Crippen molar-refractivity contribution >= 4 is 39.8 Å². The van der Waals surface area contributed by atoms with Gasteiger partial charge in [0.25, 0.3) is 0 Å². The third-order valence-corrected chi connectivity index (χ3v) is 5.95. The second-order valence-electron chi connectivity index (χ2n) is 7.96. The summed E-state index contributed by atoms with van der Waals surface area (Å²) < 4.78 is 11.9. The molecule has 2 aromatic carbocycles. The number of fused-ring (bicyclic) bond motifs is 1. The number of rotatable bonds is 9. The molecule has 0 radical (unpaired) electrons. The second kappa shape index (κ2) is 13.5. The van der Waals surface area contributed by atoms with Crippen molar-refractivity contribution in [3.8, 4) is 17.2 Å². The van der Waals surface area contributed by atoms with E-state index in [1.165, 1.54) is 12.8 Å². The first-order valence-electron chi connectivity index (χ1n) is 11.4. The van der Waals surface area contributed by atoms with Gasteiger partial charge in [0.2, 0.25) is 0 Å². The summed E-state index contributed by atoms with van der Waals surface area (Å²) in [6, 6.07) is 9.27. The van der Waals surface area contributed by atoms with Crippen LogP contribution >= 0.6 is 23.2 Å². The van der Waals surface area contributed by atoms with Crippen LogP contribution in [0.25, 0.3) is 10.9 Å². The molecule has 0 saturated heterocycles. The number of hydrogen-bond donors (Lipinski definition) is 2. The number of nitrogens with one attached hydrogen (secondary N) is 1. The Hall–Kier alpha value is -2.21. The molecule has 1 atom stereocenters. The Bertz CT molecular complexity index is 1040. The van der Waals surface area contributed by atoms with Crippen LogP contribution in [-0.2, 0) is 0 Å². The van der Waals surface area contributed by atoms with Gasteiger partial charge in [-0.05, 0) is 57.0 Å². The lowest BCUT2D eigenvalue weighted by atomic mass is 10.1. The molecule has 7 heteroatoms. The van der Waals surface area contributed by atoms with Crippen LogP contribution in [0.15, 0.2) is 36.5 Å². The van der Waals surface area contributed by atoms with Crippen molar-refractivity contribution < 1.29 is 9.47 Å². The van der Waals surface area contributed by atoms with Gasteiger partial charge in [-0.15, -0.1) is 0 Å². The molecule has 3 aromatic rings. The third-order valence-electron chi connectivity index (χ3n) is 5.21. The van der Waals surface area contributed by atoms with Crippen LogP contribution < -0.4 is 20.5 Å². The van der Waals surface area contributed by atoms with Crippen molar-refractivity contribution in [2.24, 2.45) is 5.73 Å². The number of hydrogen-bond acceptors (Lipinski definition) is 5. The maximum Gasteiger partial charge on any atom is 0.179 e. The highest BCUT2D eigenvalue weighted by Crippen LogP contribution is 2.44. The van der Waals surface area contributed by atoms with E-state index in [1.54, 1.807) is 31.5 Å². The van der Waals surface area contributed by atoms with Crippen LogP contribution in [0.2, 0.25) is 10.0 Å². The van der Waals surface area contributed by atoms with Gasteiger partial charge < -0.3 is 20.5 Å². The van der Waals surface area contributed by atoms with Crippen LogP contribution in [0.5, 0.6) is 17.2 Å². The van der Waals surface area contributed by atoms with Crippen LogP contribution in [0, 0.1) is 6.92 Å². The van der Waals surface area contributed by atoms with E-state index in [0.29, 0.717) is 33.8 Å². The fourth-order valence-electron chi connectivity index (χ4n) is 3.22. The monoisotopic (exact) mass is 491 g/mol. The largest absolute Gasteiger partial charge is 0.493 e. The minimum Gasteiger partial charge on any atom is -0.493 e. The molecular weight excluding hydrogens is 457 g/mol. The van der Waals surface area contributed by atoms with E-state index in [-0.39, 0.29) is 6.04 Å². The zero-order valence-corrected chi connectivity index (χ0v) is 21.7. The lowest BCUT2D eigenvalue weighted by Crippen LogP contribution is -2.17. The van der Waals surface area contributed by atoms with E-state index in [2.05, 4.69) is 31.1 Å². The molecule has 3 rings (SSSR count). The van der Waals surface area contributed by atoms with Crippen molar-refractivity contribution in [3.05, 3.63) is 52.1 Å². The molecule has 180 valence electrons. The Labute approximate surface area is 207 Å². The van der Waals surface area contributed by atoms with Crippen molar-refractivity contribution in [1.82, 2.24) is 4.98 Å². The van der Waals surface area contributed by atoms with Gasteiger partial charge in [-0.2, -0.15) is 0 Å². The zero-order chi connectivity index (χ0) is 24.4. The number of nitrogens with two attached hydrogens (primary N) is 1. The van der Waals surface area contributed by atoms with Gasteiger partial charge in [0.15, 0.2) is 11.5 Å². The molecule has 0 aliphatic heterocycles. The van der Waals surface area contributed by atoms with Gasteiger partial charge >= 0.3 is 0 Å². The number of benzene rings is 2. The number of anilines is 1. The summed E-state index contributed by atoms with van der Waals surface area (Å²) in [7, 11) is 1.62. The summed E-state index contributed by atoms with van der Waals surface area (Å²) in [5.74, 6) is 1.76. The molecule has 1 unspecified atom stereocenters. The van der Waals surface area contributed by atoms with Crippen molar-refractivity contribution in [3.63, 3.8) is 0 Å². The Morgan fingerprint density at radius 2 is 1.82 bits per heavy atom. The second-order valence-corrected chi connectivity index (χ2v) is 8.78. The van der Waals surface area contributed by atoms with Gasteiger partial charge in [-0.25, -0.2) is 0 Å². The Kier molecular flexibility index (Phi) is 11.0. The first-order chi connectivity index (χ1) is 15.9. The molecule has 0 aliphatic carbocycles. The highest BCUT2D eigenvalue weighted by atomic mass is 35.5. The molecule has 0 amide bonds. The molecule has 3 N–H and O–H groups in total. The predicted molar refractivity (Wildman–Crippen MR) is 142 cm³/mol. The average molecular weight is 492 g/mol. The van der Waals surface area contributed by atoms with Gasteiger partial charge in [0, 0.05) is 24.4 Å². The maximum absolute atomic E-state index is 6.20. The Balaban J connectivity index is 0.000000890. The number of halogens is 2. The molecule has 0 bridgehead atoms. The van der Waals surface area contributed by atoms with Crippen LogP contribution in [0.4, 0.5) is 5.69 Å². The molecule has 1 aromatic heterocycles. The van der Waals surface area contributed by atoms with Gasteiger partial charge in [-0.3, -0.25) is 4.98 Å². The SMILES string of the molecule is CCCC.COc1cc(NC(C)CCCN)c2nccc(C)c2c1Oc1ccc(Cl)c(Cl)c1.